The van der Waals surface area contributed by atoms with Crippen molar-refractivity contribution in [2.24, 2.45) is 0 Å². The summed E-state index contributed by atoms with van der Waals surface area (Å²) in [6, 6.07) is 1.79. The van der Waals surface area contributed by atoms with Gasteiger partial charge >= 0.3 is 0 Å². The largest absolute Gasteiger partial charge is 0.298 e. The summed E-state index contributed by atoms with van der Waals surface area (Å²) in [5.41, 5.74) is 0.711. The Hall–Kier alpha value is -1.07. The first-order valence-electron chi connectivity index (χ1n) is 2.83. The molecule has 0 radical (unpaired) electrons. The molecule has 0 saturated heterocycles. The highest BCUT2D eigenvalue weighted by Crippen LogP contribution is 2.10. The average Bonchev–Trinajstić information content (AvgIpc) is 2.37. The highest BCUT2D eigenvalue weighted by Gasteiger charge is 1.92. The van der Waals surface area contributed by atoms with E-state index in [9.17, 15) is 4.79 Å². The molecule has 0 atom stereocenters. The van der Waals surface area contributed by atoms with Crippen molar-refractivity contribution in [3.05, 3.63) is 21.9 Å². The maximum atomic E-state index is 10.2. The highest BCUT2D eigenvalue weighted by atomic mass is 32.1. The van der Waals surface area contributed by atoms with Gasteiger partial charge in [0.1, 0.15) is 0 Å². The lowest BCUT2D eigenvalue weighted by Crippen LogP contribution is -1.67. The molecule has 0 amide bonds. The number of carbonyl (C=O) groups excluding carboxylic acids is 1. The Morgan fingerprint density at radius 1 is 1.70 bits per heavy atom. The summed E-state index contributed by atoms with van der Waals surface area (Å²) in [6.45, 7) is 1.78. The van der Waals surface area contributed by atoms with Crippen LogP contribution in [0, 0.1) is 11.8 Å². The molecule has 0 unspecified atom stereocenters. The quantitative estimate of drug-likeness (QED) is 0.441. The van der Waals surface area contributed by atoms with E-state index in [1.165, 1.54) is 11.3 Å². The van der Waals surface area contributed by atoms with E-state index in [0.717, 1.165) is 11.2 Å². The van der Waals surface area contributed by atoms with Crippen LogP contribution in [-0.2, 0) is 0 Å². The molecule has 1 nitrogen and oxygen atoms in total. The summed E-state index contributed by atoms with van der Waals surface area (Å²) in [5, 5.41) is 1.80. The zero-order chi connectivity index (χ0) is 7.40. The van der Waals surface area contributed by atoms with E-state index in [4.69, 9.17) is 0 Å². The lowest BCUT2D eigenvalue weighted by Gasteiger charge is -1.72. The van der Waals surface area contributed by atoms with Gasteiger partial charge in [-0.1, -0.05) is 5.92 Å². The number of aldehydes is 1. The zero-order valence-corrected chi connectivity index (χ0v) is 6.37. The number of carbonyl (C=O) groups is 1. The first-order chi connectivity index (χ1) is 4.86. The van der Waals surface area contributed by atoms with Gasteiger partial charge in [0.2, 0.25) is 0 Å². The van der Waals surface area contributed by atoms with Crippen LogP contribution in [0.15, 0.2) is 11.4 Å². The smallest absolute Gasteiger partial charge is 0.150 e. The molecule has 1 heterocycles. The third-order valence-electron chi connectivity index (χ3n) is 1.00. The van der Waals surface area contributed by atoms with Crippen LogP contribution in [0.4, 0.5) is 0 Å². The topological polar surface area (TPSA) is 17.1 Å². The predicted molar refractivity (Wildman–Crippen MR) is 42.3 cm³/mol. The second-order valence-corrected chi connectivity index (χ2v) is 2.65. The molecule has 2 heteroatoms. The van der Waals surface area contributed by atoms with Gasteiger partial charge < -0.3 is 0 Å². The molecule has 0 fully saturated rings. The normalized spacial score (nSPS) is 8.10. The number of hydrogen-bond acceptors (Lipinski definition) is 2. The molecule has 1 aromatic heterocycles. The van der Waals surface area contributed by atoms with Gasteiger partial charge in [-0.2, -0.15) is 0 Å². The number of rotatable bonds is 1. The van der Waals surface area contributed by atoms with Gasteiger partial charge in [0.25, 0.3) is 0 Å². The maximum absolute atomic E-state index is 10.2. The average molecular weight is 150 g/mol. The summed E-state index contributed by atoms with van der Waals surface area (Å²) < 4.78 is 0. The van der Waals surface area contributed by atoms with Crippen LogP contribution in [0.3, 0.4) is 0 Å². The van der Waals surface area contributed by atoms with Gasteiger partial charge in [-0.15, -0.1) is 17.3 Å². The predicted octanol–water partition coefficient (Wildman–Crippen LogP) is 1.93. The molecule has 0 aliphatic heterocycles. The van der Waals surface area contributed by atoms with E-state index in [2.05, 4.69) is 11.8 Å². The molecule has 1 aromatic rings. The summed E-state index contributed by atoms with van der Waals surface area (Å²) in [5.74, 6) is 5.64. The third kappa shape index (κ3) is 1.46. The monoisotopic (exact) mass is 150 g/mol. The Morgan fingerprint density at radius 2 is 2.50 bits per heavy atom. The van der Waals surface area contributed by atoms with Gasteiger partial charge in [-0.25, -0.2) is 0 Å². The lowest BCUT2D eigenvalue weighted by molar-refractivity contribution is 0.112. The van der Waals surface area contributed by atoms with Crippen LogP contribution in [-0.4, -0.2) is 6.29 Å². The van der Waals surface area contributed by atoms with Crippen molar-refractivity contribution in [3.63, 3.8) is 0 Å². The van der Waals surface area contributed by atoms with Crippen LogP contribution in [0.2, 0.25) is 0 Å². The Morgan fingerprint density at radius 3 is 3.00 bits per heavy atom. The molecule has 0 aliphatic rings. The molecule has 0 N–H and O–H groups in total. The molecular formula is C8H6OS. The van der Waals surface area contributed by atoms with Crippen molar-refractivity contribution in [3.8, 4) is 11.8 Å². The van der Waals surface area contributed by atoms with Crippen molar-refractivity contribution in [2.75, 3.05) is 0 Å². The Kier molecular flexibility index (Phi) is 2.24. The molecule has 50 valence electrons. The number of thiophene rings is 1. The first-order valence-corrected chi connectivity index (χ1v) is 3.71. The molecule has 0 aromatic carbocycles. The Labute approximate surface area is 63.7 Å². The first kappa shape index (κ1) is 7.04. The maximum Gasteiger partial charge on any atom is 0.150 e. The fraction of sp³-hybridized carbons (Fsp3) is 0.125. The second-order valence-electron chi connectivity index (χ2n) is 1.74. The van der Waals surface area contributed by atoms with E-state index in [1.54, 1.807) is 18.4 Å². The number of hydrogen-bond donors (Lipinski definition) is 0. The minimum Gasteiger partial charge on any atom is -0.298 e. The molecule has 0 spiro atoms. The SMILES string of the molecule is CC#Cc1cc(C=O)cs1. The minimum atomic E-state index is 0.711. The van der Waals surface area contributed by atoms with Gasteiger partial charge in [-0.05, 0) is 13.0 Å². The molecule has 10 heavy (non-hydrogen) atoms. The van der Waals surface area contributed by atoms with Crippen molar-refractivity contribution >= 4 is 17.6 Å². The summed E-state index contributed by atoms with van der Waals surface area (Å²) in [6.07, 6.45) is 0.831. The van der Waals surface area contributed by atoms with E-state index < -0.39 is 0 Å². The van der Waals surface area contributed by atoms with Crippen LogP contribution < -0.4 is 0 Å². The van der Waals surface area contributed by atoms with E-state index in [0.29, 0.717) is 5.56 Å². The van der Waals surface area contributed by atoms with Crippen LogP contribution in [0.1, 0.15) is 22.2 Å². The van der Waals surface area contributed by atoms with E-state index in [-0.39, 0.29) is 0 Å². The van der Waals surface area contributed by atoms with E-state index >= 15 is 0 Å². The zero-order valence-electron chi connectivity index (χ0n) is 5.55. The van der Waals surface area contributed by atoms with Crippen LogP contribution in [0.25, 0.3) is 0 Å². The van der Waals surface area contributed by atoms with Crippen LogP contribution in [0.5, 0.6) is 0 Å². The van der Waals surface area contributed by atoms with Gasteiger partial charge in [0.05, 0.1) is 4.88 Å². The molecule has 1 rings (SSSR count). The van der Waals surface area contributed by atoms with Crippen molar-refractivity contribution in [1.82, 2.24) is 0 Å². The standard InChI is InChI=1S/C8H6OS/c1-2-3-8-4-7(5-9)6-10-8/h4-6H,1H3. The van der Waals surface area contributed by atoms with Gasteiger partial charge in [-0.3, -0.25) is 4.79 Å². The molecule has 0 bridgehead atoms. The molecular weight excluding hydrogens is 144 g/mol. The van der Waals surface area contributed by atoms with Crippen molar-refractivity contribution in [1.29, 1.82) is 0 Å². The summed E-state index contributed by atoms with van der Waals surface area (Å²) in [7, 11) is 0. The van der Waals surface area contributed by atoms with Crippen molar-refractivity contribution < 1.29 is 4.79 Å². The van der Waals surface area contributed by atoms with Crippen molar-refractivity contribution in [2.45, 2.75) is 6.92 Å². The lowest BCUT2D eigenvalue weighted by atomic mass is 10.3. The third-order valence-corrected chi connectivity index (χ3v) is 1.87. The molecule has 0 saturated carbocycles. The fourth-order valence-electron chi connectivity index (χ4n) is 0.601. The second kappa shape index (κ2) is 3.19. The van der Waals surface area contributed by atoms with Crippen LogP contribution >= 0.6 is 11.3 Å². The minimum absolute atomic E-state index is 0.711. The summed E-state index contributed by atoms with van der Waals surface area (Å²) in [4.78, 5) is 11.1. The fourth-order valence-corrected chi connectivity index (χ4v) is 1.35. The Bertz CT molecular complexity index is 288. The molecule has 0 aliphatic carbocycles. The van der Waals surface area contributed by atoms with Gasteiger partial charge in [0, 0.05) is 10.9 Å². The highest BCUT2D eigenvalue weighted by molar-refractivity contribution is 7.10. The van der Waals surface area contributed by atoms with Gasteiger partial charge in [0.15, 0.2) is 6.29 Å². The summed E-state index contributed by atoms with van der Waals surface area (Å²) >= 11 is 1.49. The van der Waals surface area contributed by atoms with E-state index in [1.807, 2.05) is 0 Å². The Balaban J connectivity index is 2.95.